The van der Waals surface area contributed by atoms with E-state index in [-0.39, 0.29) is 32.3 Å². The second-order valence-corrected chi connectivity index (χ2v) is 19.5. The highest BCUT2D eigenvalue weighted by Gasteiger charge is 2.22. The molecular weight excluding hydrogens is 822 g/mol. The minimum Gasteiger partial charge on any atom is -0.756 e. The standard InChI is InChI=1S/C50H92NO11P/c1-6-8-10-11-12-13-14-15-16-17-18-19-20-21-22-23-24-29-33-39-50(56)62-46(44-61-63(57,58)60-42-41-51(3,4)5)43-59-49(55)40-34-38-48(54)47(53)37-32-28-26-25-27-31-36-45(52)35-30-9-7-2/h25-28,31-32,36-37,45-48,52-54H,6-24,29-30,33-35,38-44H2,1-5H3/b27-25-,28-26+,36-31+,37-32+/t45-,46-,47-,48-/m1/s1. The van der Waals surface area contributed by atoms with Crippen LogP contribution < -0.4 is 4.89 Å². The van der Waals surface area contributed by atoms with Crippen molar-refractivity contribution in [3.05, 3.63) is 48.6 Å². The minimum atomic E-state index is -4.71. The van der Waals surface area contributed by atoms with Crippen molar-refractivity contribution in [1.82, 2.24) is 0 Å². The summed E-state index contributed by atoms with van der Waals surface area (Å²) in [5, 5.41) is 30.6. The maximum atomic E-state index is 12.7. The zero-order valence-electron chi connectivity index (χ0n) is 40.4. The van der Waals surface area contributed by atoms with E-state index in [2.05, 4.69) is 13.8 Å². The largest absolute Gasteiger partial charge is 0.756 e. The maximum Gasteiger partial charge on any atom is 0.306 e. The Morgan fingerprint density at radius 3 is 1.56 bits per heavy atom. The van der Waals surface area contributed by atoms with Crippen LogP contribution in [0.2, 0.25) is 0 Å². The molecule has 13 heteroatoms. The van der Waals surface area contributed by atoms with Crippen molar-refractivity contribution in [1.29, 1.82) is 0 Å². The second-order valence-electron chi connectivity index (χ2n) is 18.1. The first-order valence-electron chi connectivity index (χ1n) is 24.7. The number of aliphatic hydroxyl groups excluding tert-OH is 3. The molecule has 5 atom stereocenters. The van der Waals surface area contributed by atoms with E-state index in [1.807, 2.05) is 21.1 Å². The molecule has 12 nitrogen and oxygen atoms in total. The third-order valence-corrected chi connectivity index (χ3v) is 11.7. The summed E-state index contributed by atoms with van der Waals surface area (Å²) < 4.78 is 33.7. The fourth-order valence-electron chi connectivity index (χ4n) is 6.69. The highest BCUT2D eigenvalue weighted by molar-refractivity contribution is 7.45. The molecule has 0 aliphatic rings. The van der Waals surface area contributed by atoms with Crippen LogP contribution in [-0.4, -0.2) is 104 Å². The summed E-state index contributed by atoms with van der Waals surface area (Å²) in [5.74, 6) is -1.16. The number of aliphatic hydroxyl groups is 3. The number of hydrogen-bond donors (Lipinski definition) is 3. The summed E-state index contributed by atoms with van der Waals surface area (Å²) in [6, 6.07) is 0. The number of carbonyl (C=O) groups is 2. The SMILES string of the molecule is CCCCCCCCCCCCCCCCCCCCCC(=O)O[C@H](COC(=O)CCC[C@@H](O)[C@H](O)/C=C/C=C/C=C\C=C\[C@H](O)CCCCC)COP(=O)([O-])OCC[N+](C)(C)C. The number of phosphoric acid groups is 1. The van der Waals surface area contributed by atoms with Gasteiger partial charge in [0.05, 0.1) is 46.1 Å². The molecule has 0 aliphatic heterocycles. The van der Waals surface area contributed by atoms with Gasteiger partial charge in [0, 0.05) is 12.8 Å². The summed E-state index contributed by atoms with van der Waals surface area (Å²) in [6.45, 7) is 3.75. The maximum absolute atomic E-state index is 12.7. The number of rotatable bonds is 44. The minimum absolute atomic E-state index is 0.0753. The van der Waals surface area contributed by atoms with Crippen LogP contribution >= 0.6 is 7.82 Å². The number of hydrogen-bond acceptors (Lipinski definition) is 11. The van der Waals surface area contributed by atoms with E-state index < -0.39 is 57.4 Å². The van der Waals surface area contributed by atoms with E-state index in [0.29, 0.717) is 17.4 Å². The van der Waals surface area contributed by atoms with E-state index in [0.717, 1.165) is 44.9 Å². The molecule has 0 amide bonds. The molecular formula is C50H92NO11P. The fraction of sp³-hybridized carbons (Fsp3) is 0.800. The molecule has 0 fully saturated rings. The van der Waals surface area contributed by atoms with Gasteiger partial charge in [0.2, 0.25) is 0 Å². The van der Waals surface area contributed by atoms with E-state index >= 15 is 0 Å². The third kappa shape index (κ3) is 43.5. The summed E-state index contributed by atoms with van der Waals surface area (Å²) in [5.41, 5.74) is 0. The second kappa shape index (κ2) is 41.3. The molecule has 0 bridgehead atoms. The molecule has 0 saturated heterocycles. The average Bonchev–Trinajstić information content (AvgIpc) is 3.23. The monoisotopic (exact) mass is 914 g/mol. The van der Waals surface area contributed by atoms with Crippen molar-refractivity contribution in [3.63, 3.8) is 0 Å². The first kappa shape index (κ1) is 60.9. The van der Waals surface area contributed by atoms with Crippen LogP contribution in [0.1, 0.15) is 187 Å². The summed E-state index contributed by atoms with van der Waals surface area (Å²) in [7, 11) is 0.979. The Kier molecular flexibility index (Phi) is 39.9. The number of carbonyl (C=O) groups excluding carboxylic acids is 2. The van der Waals surface area contributed by atoms with Crippen LogP contribution in [-0.2, 0) is 32.7 Å². The van der Waals surface area contributed by atoms with Gasteiger partial charge in [-0.15, -0.1) is 0 Å². The van der Waals surface area contributed by atoms with Crippen molar-refractivity contribution in [2.45, 2.75) is 212 Å². The molecule has 0 aromatic rings. The van der Waals surface area contributed by atoms with Crippen LogP contribution in [0.15, 0.2) is 48.6 Å². The molecule has 0 rings (SSSR count). The predicted molar refractivity (Wildman–Crippen MR) is 254 cm³/mol. The van der Waals surface area contributed by atoms with E-state index in [1.165, 1.54) is 102 Å². The van der Waals surface area contributed by atoms with Crippen molar-refractivity contribution < 1.29 is 57.4 Å². The van der Waals surface area contributed by atoms with Gasteiger partial charge in [-0.1, -0.05) is 197 Å². The lowest BCUT2D eigenvalue weighted by Crippen LogP contribution is -2.37. The highest BCUT2D eigenvalue weighted by Crippen LogP contribution is 2.38. The lowest BCUT2D eigenvalue weighted by atomic mass is 10.0. The number of esters is 2. The van der Waals surface area contributed by atoms with Gasteiger partial charge >= 0.3 is 11.9 Å². The zero-order chi connectivity index (χ0) is 46.9. The third-order valence-electron chi connectivity index (χ3n) is 10.7. The summed E-state index contributed by atoms with van der Waals surface area (Å²) in [6.07, 6.45) is 37.9. The first-order chi connectivity index (χ1) is 30.2. The number of unbranched alkanes of at least 4 members (excludes halogenated alkanes) is 20. The summed E-state index contributed by atoms with van der Waals surface area (Å²) >= 11 is 0. The lowest BCUT2D eigenvalue weighted by molar-refractivity contribution is -0.870. The molecule has 0 aromatic heterocycles. The van der Waals surface area contributed by atoms with Gasteiger partial charge in [0.1, 0.15) is 19.8 Å². The van der Waals surface area contributed by atoms with Crippen molar-refractivity contribution in [3.8, 4) is 0 Å². The van der Waals surface area contributed by atoms with Crippen molar-refractivity contribution in [2.24, 2.45) is 0 Å². The zero-order valence-corrected chi connectivity index (χ0v) is 41.2. The van der Waals surface area contributed by atoms with Gasteiger partial charge in [-0.05, 0) is 25.7 Å². The average molecular weight is 914 g/mol. The van der Waals surface area contributed by atoms with Gasteiger partial charge in [-0.2, -0.15) is 0 Å². The quantitative estimate of drug-likeness (QED) is 0.0175. The van der Waals surface area contributed by atoms with Crippen molar-refractivity contribution >= 4 is 19.8 Å². The van der Waals surface area contributed by atoms with Crippen LogP contribution in [0.25, 0.3) is 0 Å². The molecule has 1 unspecified atom stereocenters. The van der Waals surface area contributed by atoms with Gasteiger partial charge in [-0.25, -0.2) is 0 Å². The Balaban J connectivity index is 4.56. The molecule has 0 saturated carbocycles. The van der Waals surface area contributed by atoms with E-state index in [9.17, 15) is 34.4 Å². The number of ether oxygens (including phenoxy) is 2. The molecule has 0 spiro atoms. The Bertz CT molecular complexity index is 1270. The molecule has 0 radical (unpaired) electrons. The number of quaternary nitrogens is 1. The number of allylic oxidation sites excluding steroid dienone is 6. The molecule has 0 aliphatic carbocycles. The van der Waals surface area contributed by atoms with Gasteiger partial charge in [0.25, 0.3) is 7.82 Å². The van der Waals surface area contributed by atoms with Gasteiger partial charge in [0.15, 0.2) is 6.10 Å². The fourth-order valence-corrected chi connectivity index (χ4v) is 7.41. The van der Waals surface area contributed by atoms with E-state index in [1.54, 1.807) is 42.5 Å². The molecule has 368 valence electrons. The molecule has 0 aromatic carbocycles. The van der Waals surface area contributed by atoms with Gasteiger partial charge < -0.3 is 43.2 Å². The van der Waals surface area contributed by atoms with Crippen molar-refractivity contribution in [2.75, 3.05) is 47.5 Å². The predicted octanol–water partition coefficient (Wildman–Crippen LogP) is 10.5. The Hall–Kier alpha value is -2.15. The Morgan fingerprint density at radius 1 is 0.571 bits per heavy atom. The van der Waals surface area contributed by atoms with Crippen LogP contribution in [0, 0.1) is 0 Å². The van der Waals surface area contributed by atoms with Crippen LogP contribution in [0.4, 0.5) is 0 Å². The number of likely N-dealkylation sites (N-methyl/N-ethyl adjacent to an activating group) is 1. The topological polar surface area (TPSA) is 172 Å². The number of nitrogens with zero attached hydrogens (tertiary/aromatic N) is 1. The Labute approximate surface area is 383 Å². The van der Waals surface area contributed by atoms with Gasteiger partial charge in [-0.3, -0.25) is 14.2 Å². The molecule has 63 heavy (non-hydrogen) atoms. The summed E-state index contributed by atoms with van der Waals surface area (Å²) in [4.78, 5) is 37.7. The molecule has 0 heterocycles. The Morgan fingerprint density at radius 2 is 1.03 bits per heavy atom. The highest BCUT2D eigenvalue weighted by atomic mass is 31.2. The van der Waals surface area contributed by atoms with Crippen LogP contribution in [0.5, 0.6) is 0 Å². The normalized spacial score (nSPS) is 15.4. The first-order valence-corrected chi connectivity index (χ1v) is 26.1. The smallest absolute Gasteiger partial charge is 0.306 e. The van der Waals surface area contributed by atoms with E-state index in [4.69, 9.17) is 18.5 Å². The molecule has 3 N–H and O–H groups in total. The van der Waals surface area contributed by atoms with Crippen LogP contribution in [0.3, 0.4) is 0 Å². The lowest BCUT2D eigenvalue weighted by Gasteiger charge is -2.28. The number of phosphoric ester groups is 1.